The van der Waals surface area contributed by atoms with Crippen molar-refractivity contribution in [1.29, 1.82) is 0 Å². The Labute approximate surface area is 92.5 Å². The van der Waals surface area contributed by atoms with Gasteiger partial charge in [-0.05, 0) is 30.7 Å². The minimum atomic E-state index is -0.423. The lowest BCUT2D eigenvalue weighted by atomic mass is 10.1. The van der Waals surface area contributed by atoms with Crippen molar-refractivity contribution >= 4 is 11.6 Å². The molecule has 0 aliphatic heterocycles. The SMILES string of the molecule is Cc1cc(-c2ccc(Cl)cc2)cnc1F. The van der Waals surface area contributed by atoms with Crippen LogP contribution in [0.25, 0.3) is 11.1 Å². The first-order valence-corrected chi connectivity index (χ1v) is 4.93. The van der Waals surface area contributed by atoms with Gasteiger partial charge in [0.2, 0.25) is 5.95 Å². The van der Waals surface area contributed by atoms with E-state index in [4.69, 9.17) is 11.6 Å². The van der Waals surface area contributed by atoms with E-state index in [1.54, 1.807) is 25.1 Å². The number of aryl methyl sites for hydroxylation is 1. The fourth-order valence-corrected chi connectivity index (χ4v) is 1.48. The monoisotopic (exact) mass is 221 g/mol. The highest BCUT2D eigenvalue weighted by atomic mass is 35.5. The van der Waals surface area contributed by atoms with Crippen LogP contribution < -0.4 is 0 Å². The zero-order chi connectivity index (χ0) is 10.8. The zero-order valence-corrected chi connectivity index (χ0v) is 8.92. The van der Waals surface area contributed by atoms with E-state index in [0.29, 0.717) is 10.6 Å². The van der Waals surface area contributed by atoms with Crippen LogP contribution in [-0.2, 0) is 0 Å². The fourth-order valence-electron chi connectivity index (χ4n) is 1.36. The number of aromatic nitrogens is 1. The predicted molar refractivity (Wildman–Crippen MR) is 59.4 cm³/mol. The molecule has 0 spiro atoms. The van der Waals surface area contributed by atoms with Crippen LogP contribution in [0.1, 0.15) is 5.56 Å². The summed E-state index contributed by atoms with van der Waals surface area (Å²) >= 11 is 5.78. The van der Waals surface area contributed by atoms with E-state index in [2.05, 4.69) is 4.98 Å². The van der Waals surface area contributed by atoms with Gasteiger partial charge < -0.3 is 0 Å². The summed E-state index contributed by atoms with van der Waals surface area (Å²) in [5, 5.41) is 0.686. The number of hydrogen-bond donors (Lipinski definition) is 0. The number of pyridine rings is 1. The van der Waals surface area contributed by atoms with Crippen LogP contribution >= 0.6 is 11.6 Å². The summed E-state index contributed by atoms with van der Waals surface area (Å²) in [4.78, 5) is 3.68. The summed E-state index contributed by atoms with van der Waals surface area (Å²) in [6, 6.07) is 9.14. The highest BCUT2D eigenvalue weighted by molar-refractivity contribution is 6.30. The van der Waals surface area contributed by atoms with Crippen LogP contribution in [0.5, 0.6) is 0 Å². The maximum atomic E-state index is 12.9. The second kappa shape index (κ2) is 3.99. The van der Waals surface area contributed by atoms with Gasteiger partial charge in [0.05, 0.1) is 0 Å². The van der Waals surface area contributed by atoms with E-state index in [1.165, 1.54) is 6.20 Å². The summed E-state index contributed by atoms with van der Waals surface area (Å²) in [5.74, 6) is -0.423. The average Bonchev–Trinajstić information content (AvgIpc) is 2.23. The van der Waals surface area contributed by atoms with E-state index in [-0.39, 0.29) is 0 Å². The van der Waals surface area contributed by atoms with Crippen molar-refractivity contribution in [2.24, 2.45) is 0 Å². The van der Waals surface area contributed by atoms with E-state index >= 15 is 0 Å². The van der Waals surface area contributed by atoms with Gasteiger partial charge in [0.1, 0.15) is 0 Å². The molecule has 0 aliphatic carbocycles. The molecule has 2 rings (SSSR count). The first-order valence-electron chi connectivity index (χ1n) is 4.55. The number of nitrogens with zero attached hydrogens (tertiary/aromatic N) is 1. The lowest BCUT2D eigenvalue weighted by molar-refractivity contribution is 0.575. The summed E-state index contributed by atoms with van der Waals surface area (Å²) in [6.45, 7) is 1.70. The quantitative estimate of drug-likeness (QED) is 0.667. The van der Waals surface area contributed by atoms with Gasteiger partial charge in [-0.3, -0.25) is 0 Å². The molecule has 1 heterocycles. The van der Waals surface area contributed by atoms with Gasteiger partial charge in [0.25, 0.3) is 0 Å². The molecule has 1 nitrogen and oxygen atoms in total. The van der Waals surface area contributed by atoms with Crippen LogP contribution in [-0.4, -0.2) is 4.98 Å². The van der Waals surface area contributed by atoms with Gasteiger partial charge in [-0.2, -0.15) is 4.39 Å². The number of benzene rings is 1. The molecular weight excluding hydrogens is 213 g/mol. The van der Waals surface area contributed by atoms with Gasteiger partial charge >= 0.3 is 0 Å². The predicted octanol–water partition coefficient (Wildman–Crippen LogP) is 3.85. The molecule has 0 amide bonds. The molecule has 0 bridgehead atoms. The molecule has 76 valence electrons. The van der Waals surface area contributed by atoms with Crippen LogP contribution in [0.3, 0.4) is 0 Å². The van der Waals surface area contributed by atoms with E-state index < -0.39 is 5.95 Å². The zero-order valence-electron chi connectivity index (χ0n) is 8.17. The Morgan fingerprint density at radius 2 is 1.80 bits per heavy atom. The highest BCUT2D eigenvalue weighted by Gasteiger charge is 2.02. The topological polar surface area (TPSA) is 12.9 Å². The third kappa shape index (κ3) is 2.16. The van der Waals surface area contributed by atoms with Gasteiger partial charge in [0.15, 0.2) is 0 Å². The number of halogens is 2. The molecule has 1 aromatic carbocycles. The minimum absolute atomic E-state index is 0.423. The Bertz CT molecular complexity index is 479. The molecule has 0 atom stereocenters. The second-order valence-corrected chi connectivity index (χ2v) is 3.78. The molecule has 0 unspecified atom stereocenters. The van der Waals surface area contributed by atoms with Crippen LogP contribution in [0.2, 0.25) is 5.02 Å². The van der Waals surface area contributed by atoms with Gasteiger partial charge in [0, 0.05) is 22.3 Å². The number of rotatable bonds is 1. The first kappa shape index (κ1) is 10.1. The van der Waals surface area contributed by atoms with Crippen LogP contribution in [0.4, 0.5) is 4.39 Å². The van der Waals surface area contributed by atoms with Gasteiger partial charge in [-0.1, -0.05) is 23.7 Å². The van der Waals surface area contributed by atoms with Gasteiger partial charge in [-0.15, -0.1) is 0 Å². The number of hydrogen-bond acceptors (Lipinski definition) is 1. The summed E-state index contributed by atoms with van der Waals surface area (Å²) in [6.07, 6.45) is 1.52. The lowest BCUT2D eigenvalue weighted by Gasteiger charge is -2.02. The van der Waals surface area contributed by atoms with Crippen molar-refractivity contribution in [3.05, 3.63) is 53.1 Å². The Balaban J connectivity index is 2.45. The largest absolute Gasteiger partial charge is 0.227 e. The Morgan fingerprint density at radius 3 is 2.40 bits per heavy atom. The smallest absolute Gasteiger partial charge is 0.215 e. The van der Waals surface area contributed by atoms with Crippen molar-refractivity contribution in [2.45, 2.75) is 6.92 Å². The molecule has 0 radical (unpaired) electrons. The third-order valence-corrected chi connectivity index (χ3v) is 2.44. The van der Waals surface area contributed by atoms with Crippen molar-refractivity contribution < 1.29 is 4.39 Å². The molecule has 0 saturated carbocycles. The van der Waals surface area contributed by atoms with Crippen molar-refractivity contribution in [3.8, 4) is 11.1 Å². The lowest BCUT2D eigenvalue weighted by Crippen LogP contribution is -1.88. The Morgan fingerprint density at radius 1 is 1.13 bits per heavy atom. The average molecular weight is 222 g/mol. The summed E-state index contributed by atoms with van der Waals surface area (Å²) in [5.41, 5.74) is 2.42. The first-order chi connectivity index (χ1) is 7.16. The molecule has 2 aromatic rings. The highest BCUT2D eigenvalue weighted by Crippen LogP contribution is 2.22. The van der Waals surface area contributed by atoms with Gasteiger partial charge in [-0.25, -0.2) is 4.98 Å². The Hall–Kier alpha value is -1.41. The second-order valence-electron chi connectivity index (χ2n) is 3.34. The maximum Gasteiger partial charge on any atom is 0.215 e. The maximum absolute atomic E-state index is 12.9. The summed E-state index contributed by atoms with van der Waals surface area (Å²) < 4.78 is 12.9. The molecule has 0 saturated heterocycles. The normalized spacial score (nSPS) is 10.3. The van der Waals surface area contributed by atoms with Crippen molar-refractivity contribution in [1.82, 2.24) is 4.98 Å². The summed E-state index contributed by atoms with van der Waals surface area (Å²) in [7, 11) is 0. The molecule has 0 aliphatic rings. The molecule has 3 heteroatoms. The molecule has 15 heavy (non-hydrogen) atoms. The Kier molecular flexibility index (Phi) is 2.69. The molecular formula is C12H9ClFN. The van der Waals surface area contributed by atoms with E-state index in [1.807, 2.05) is 12.1 Å². The van der Waals surface area contributed by atoms with E-state index in [0.717, 1.165) is 11.1 Å². The van der Waals surface area contributed by atoms with Crippen molar-refractivity contribution in [3.63, 3.8) is 0 Å². The molecule has 0 fully saturated rings. The minimum Gasteiger partial charge on any atom is -0.227 e. The van der Waals surface area contributed by atoms with Crippen LogP contribution in [0, 0.1) is 12.9 Å². The third-order valence-electron chi connectivity index (χ3n) is 2.19. The molecule has 0 N–H and O–H groups in total. The molecule has 1 aromatic heterocycles. The fraction of sp³-hybridized carbons (Fsp3) is 0.0833. The van der Waals surface area contributed by atoms with Crippen LogP contribution in [0.15, 0.2) is 36.5 Å². The van der Waals surface area contributed by atoms with E-state index in [9.17, 15) is 4.39 Å². The standard InChI is InChI=1S/C12H9ClFN/c1-8-6-10(7-15-12(8)14)9-2-4-11(13)5-3-9/h2-7H,1H3. The van der Waals surface area contributed by atoms with Crippen molar-refractivity contribution in [2.75, 3.05) is 0 Å².